The standard InChI is InChI=1S/C12H18O2/c13-11(14)12(5-8-2-1-3-8)6-9-4-10(9)7-12/h8-10H,1-7H2,(H,13,14). The molecule has 0 aromatic heterocycles. The lowest BCUT2D eigenvalue weighted by Crippen LogP contribution is -2.33. The van der Waals surface area contributed by atoms with Crippen LogP contribution < -0.4 is 0 Å². The first kappa shape index (κ1) is 8.75. The highest BCUT2D eigenvalue weighted by Crippen LogP contribution is 2.62. The van der Waals surface area contributed by atoms with E-state index < -0.39 is 5.97 Å². The Morgan fingerprint density at radius 3 is 2.36 bits per heavy atom. The Bertz CT molecular complexity index is 257. The Kier molecular flexibility index (Phi) is 1.71. The number of aliphatic carboxylic acids is 1. The van der Waals surface area contributed by atoms with Gasteiger partial charge in [0.2, 0.25) is 0 Å². The Hall–Kier alpha value is -0.530. The van der Waals surface area contributed by atoms with Crippen LogP contribution in [0.3, 0.4) is 0 Å². The van der Waals surface area contributed by atoms with E-state index in [0.717, 1.165) is 37.0 Å². The monoisotopic (exact) mass is 194 g/mol. The van der Waals surface area contributed by atoms with E-state index in [4.69, 9.17) is 0 Å². The fraction of sp³-hybridized carbons (Fsp3) is 0.917. The van der Waals surface area contributed by atoms with Crippen molar-refractivity contribution in [2.24, 2.45) is 23.2 Å². The molecular weight excluding hydrogens is 176 g/mol. The van der Waals surface area contributed by atoms with Gasteiger partial charge in [0.15, 0.2) is 0 Å². The molecule has 0 bridgehead atoms. The predicted molar refractivity (Wildman–Crippen MR) is 52.9 cm³/mol. The van der Waals surface area contributed by atoms with E-state index in [-0.39, 0.29) is 5.41 Å². The number of fused-ring (bicyclic) bond motifs is 1. The SMILES string of the molecule is O=C(O)C1(CC2CCC2)CC2CC2C1. The van der Waals surface area contributed by atoms with Crippen molar-refractivity contribution in [3.63, 3.8) is 0 Å². The van der Waals surface area contributed by atoms with Gasteiger partial charge in [0.05, 0.1) is 5.41 Å². The van der Waals surface area contributed by atoms with E-state index >= 15 is 0 Å². The third kappa shape index (κ3) is 1.19. The van der Waals surface area contributed by atoms with Gasteiger partial charge in [-0.3, -0.25) is 4.79 Å². The molecule has 14 heavy (non-hydrogen) atoms. The third-order valence-electron chi connectivity index (χ3n) is 4.73. The Balaban J connectivity index is 1.71. The fourth-order valence-corrected chi connectivity index (χ4v) is 3.58. The van der Waals surface area contributed by atoms with E-state index in [1.54, 1.807) is 0 Å². The number of carboxylic acids is 1. The van der Waals surface area contributed by atoms with Gasteiger partial charge in [0.1, 0.15) is 0 Å². The summed E-state index contributed by atoms with van der Waals surface area (Å²) in [5.41, 5.74) is -0.293. The summed E-state index contributed by atoms with van der Waals surface area (Å²) in [5, 5.41) is 9.37. The summed E-state index contributed by atoms with van der Waals surface area (Å²) >= 11 is 0. The minimum Gasteiger partial charge on any atom is -0.481 e. The molecule has 0 amide bonds. The molecule has 0 aromatic carbocycles. The largest absolute Gasteiger partial charge is 0.481 e. The van der Waals surface area contributed by atoms with Gasteiger partial charge in [-0.2, -0.15) is 0 Å². The maximum atomic E-state index is 11.4. The molecule has 3 rings (SSSR count). The van der Waals surface area contributed by atoms with Gasteiger partial charge in [0.25, 0.3) is 0 Å². The topological polar surface area (TPSA) is 37.3 Å². The van der Waals surface area contributed by atoms with Crippen molar-refractivity contribution in [2.45, 2.75) is 44.9 Å². The second kappa shape index (κ2) is 2.74. The van der Waals surface area contributed by atoms with Gasteiger partial charge in [-0.1, -0.05) is 19.3 Å². The van der Waals surface area contributed by atoms with Crippen LogP contribution in [0.25, 0.3) is 0 Å². The first-order valence-corrected chi connectivity index (χ1v) is 5.93. The van der Waals surface area contributed by atoms with Gasteiger partial charge in [-0.05, 0) is 43.4 Å². The molecule has 0 radical (unpaired) electrons. The van der Waals surface area contributed by atoms with Crippen molar-refractivity contribution in [1.82, 2.24) is 0 Å². The maximum absolute atomic E-state index is 11.4. The molecule has 1 N–H and O–H groups in total. The first-order valence-electron chi connectivity index (χ1n) is 5.93. The van der Waals surface area contributed by atoms with Crippen LogP contribution in [0, 0.1) is 23.2 Å². The molecule has 2 heteroatoms. The lowest BCUT2D eigenvalue weighted by atomic mass is 9.69. The molecule has 0 heterocycles. The van der Waals surface area contributed by atoms with E-state index in [9.17, 15) is 9.90 Å². The lowest BCUT2D eigenvalue weighted by molar-refractivity contribution is -0.151. The van der Waals surface area contributed by atoms with Crippen molar-refractivity contribution in [3.05, 3.63) is 0 Å². The van der Waals surface area contributed by atoms with Crippen LogP contribution in [0.15, 0.2) is 0 Å². The molecule has 0 aromatic rings. The smallest absolute Gasteiger partial charge is 0.309 e. The van der Waals surface area contributed by atoms with Crippen LogP contribution in [0.4, 0.5) is 0 Å². The zero-order valence-corrected chi connectivity index (χ0v) is 8.54. The van der Waals surface area contributed by atoms with Crippen LogP contribution in [0.5, 0.6) is 0 Å². The van der Waals surface area contributed by atoms with Crippen molar-refractivity contribution in [3.8, 4) is 0 Å². The average Bonchev–Trinajstić information content (AvgIpc) is 2.68. The van der Waals surface area contributed by atoms with Crippen LogP contribution >= 0.6 is 0 Å². The van der Waals surface area contributed by atoms with E-state index in [1.807, 2.05) is 0 Å². The molecule has 0 spiro atoms. The fourth-order valence-electron chi connectivity index (χ4n) is 3.58. The highest BCUT2D eigenvalue weighted by atomic mass is 16.4. The second-order valence-electron chi connectivity index (χ2n) is 5.75. The van der Waals surface area contributed by atoms with E-state index in [2.05, 4.69) is 0 Å². The van der Waals surface area contributed by atoms with Gasteiger partial charge in [0, 0.05) is 0 Å². The summed E-state index contributed by atoms with van der Waals surface area (Å²) in [6, 6.07) is 0. The summed E-state index contributed by atoms with van der Waals surface area (Å²) in [6.07, 6.45) is 8.17. The number of hydrogen-bond acceptors (Lipinski definition) is 1. The van der Waals surface area contributed by atoms with Crippen LogP contribution in [-0.2, 0) is 4.79 Å². The van der Waals surface area contributed by atoms with Crippen LogP contribution in [0.1, 0.15) is 44.9 Å². The van der Waals surface area contributed by atoms with Crippen molar-refractivity contribution in [1.29, 1.82) is 0 Å². The Morgan fingerprint density at radius 2 is 1.93 bits per heavy atom. The Labute approximate surface area is 84.7 Å². The van der Waals surface area contributed by atoms with Gasteiger partial charge < -0.3 is 5.11 Å². The second-order valence-corrected chi connectivity index (χ2v) is 5.75. The van der Waals surface area contributed by atoms with Crippen molar-refractivity contribution in [2.75, 3.05) is 0 Å². The van der Waals surface area contributed by atoms with Gasteiger partial charge in [-0.15, -0.1) is 0 Å². The normalized spacial score (nSPS) is 45.7. The van der Waals surface area contributed by atoms with Crippen LogP contribution in [-0.4, -0.2) is 11.1 Å². The van der Waals surface area contributed by atoms with E-state index in [1.165, 1.54) is 25.7 Å². The molecule has 0 saturated heterocycles. The summed E-state index contributed by atoms with van der Waals surface area (Å²) < 4.78 is 0. The van der Waals surface area contributed by atoms with Crippen LogP contribution in [0.2, 0.25) is 0 Å². The lowest BCUT2D eigenvalue weighted by Gasteiger charge is -2.34. The van der Waals surface area contributed by atoms with Gasteiger partial charge in [-0.25, -0.2) is 0 Å². The highest BCUT2D eigenvalue weighted by molar-refractivity contribution is 5.75. The molecule has 3 fully saturated rings. The summed E-state index contributed by atoms with van der Waals surface area (Å²) in [6.45, 7) is 0. The molecule has 3 saturated carbocycles. The maximum Gasteiger partial charge on any atom is 0.309 e. The first-order chi connectivity index (χ1) is 6.70. The summed E-state index contributed by atoms with van der Waals surface area (Å²) in [7, 11) is 0. The number of carbonyl (C=O) groups is 1. The predicted octanol–water partition coefficient (Wildman–Crippen LogP) is 2.68. The summed E-state index contributed by atoms with van der Waals surface area (Å²) in [5.74, 6) is 1.80. The molecule has 3 aliphatic carbocycles. The van der Waals surface area contributed by atoms with Crippen molar-refractivity contribution < 1.29 is 9.90 Å². The minimum atomic E-state index is -0.503. The van der Waals surface area contributed by atoms with Gasteiger partial charge >= 0.3 is 5.97 Å². The zero-order chi connectivity index (χ0) is 9.76. The minimum absolute atomic E-state index is 0.293. The zero-order valence-electron chi connectivity index (χ0n) is 8.54. The molecule has 0 aliphatic heterocycles. The summed E-state index contributed by atoms with van der Waals surface area (Å²) in [4.78, 5) is 11.4. The molecule has 3 aliphatic rings. The molecular formula is C12H18O2. The van der Waals surface area contributed by atoms with Crippen molar-refractivity contribution >= 4 is 5.97 Å². The Morgan fingerprint density at radius 1 is 1.29 bits per heavy atom. The molecule has 78 valence electrons. The highest BCUT2D eigenvalue weighted by Gasteiger charge is 2.58. The number of rotatable bonds is 3. The molecule has 2 unspecified atom stereocenters. The van der Waals surface area contributed by atoms with E-state index in [0.29, 0.717) is 0 Å². The number of hydrogen-bond donors (Lipinski definition) is 1. The molecule has 2 atom stereocenters. The third-order valence-corrected chi connectivity index (χ3v) is 4.73. The molecule has 2 nitrogen and oxygen atoms in total. The number of carboxylic acid groups (broad SMARTS) is 1. The quantitative estimate of drug-likeness (QED) is 0.750. The average molecular weight is 194 g/mol.